The Morgan fingerprint density at radius 3 is 2.59 bits per heavy atom. The Hall–Kier alpha value is -2.58. The Balaban J connectivity index is 1.56. The third kappa shape index (κ3) is 5.70. The number of rotatable bonds is 5. The number of nitrogens with one attached hydrogen (secondary N) is 2. The zero-order valence-corrected chi connectivity index (χ0v) is 16.6. The van der Waals surface area contributed by atoms with Crippen molar-refractivity contribution in [2.75, 3.05) is 5.32 Å². The number of carbonyl (C=O) groups is 1. The highest BCUT2D eigenvalue weighted by Gasteiger charge is 2.10. The van der Waals surface area contributed by atoms with Crippen LogP contribution >= 0.6 is 27.7 Å². The number of hydrogen-bond acceptors (Lipinski definition) is 4. The minimum absolute atomic E-state index is 0.373. The molecule has 3 rings (SSSR count). The SMILES string of the molecule is Cc1ccc(Sc2oc(/C=N/NC(=O)Nc3ccc(F)cc3)cc2Br)cc1. The molecule has 3 aromatic rings. The molecule has 27 heavy (non-hydrogen) atoms. The van der Waals surface area contributed by atoms with E-state index in [1.165, 1.54) is 47.8 Å². The lowest BCUT2D eigenvalue weighted by Crippen LogP contribution is -2.24. The zero-order chi connectivity index (χ0) is 19.2. The number of hydrazone groups is 1. The van der Waals surface area contributed by atoms with Crippen LogP contribution in [0, 0.1) is 12.7 Å². The molecule has 0 aliphatic carbocycles. The zero-order valence-electron chi connectivity index (χ0n) is 14.2. The Morgan fingerprint density at radius 2 is 1.89 bits per heavy atom. The predicted molar refractivity (Wildman–Crippen MR) is 108 cm³/mol. The highest BCUT2D eigenvalue weighted by atomic mass is 79.9. The molecule has 0 fully saturated rings. The van der Waals surface area contributed by atoms with E-state index in [1.807, 2.05) is 31.2 Å². The van der Waals surface area contributed by atoms with Gasteiger partial charge < -0.3 is 9.73 Å². The van der Waals surface area contributed by atoms with Crippen LogP contribution in [0.2, 0.25) is 0 Å². The number of furan rings is 1. The highest BCUT2D eigenvalue weighted by molar-refractivity contribution is 9.10. The molecule has 1 heterocycles. The van der Waals surface area contributed by atoms with Crippen molar-refractivity contribution >= 4 is 45.6 Å². The van der Waals surface area contributed by atoms with Crippen LogP contribution in [0.15, 0.2) is 78.6 Å². The Kier molecular flexibility index (Phi) is 6.31. The minimum atomic E-state index is -0.544. The maximum atomic E-state index is 12.8. The van der Waals surface area contributed by atoms with E-state index in [0.717, 1.165) is 9.37 Å². The van der Waals surface area contributed by atoms with Crippen LogP contribution in [0.4, 0.5) is 14.9 Å². The molecule has 5 nitrogen and oxygen atoms in total. The molecule has 0 radical (unpaired) electrons. The molecule has 2 aromatic carbocycles. The Labute approximate surface area is 168 Å². The lowest BCUT2D eigenvalue weighted by atomic mass is 10.2. The average molecular weight is 448 g/mol. The van der Waals surface area contributed by atoms with Gasteiger partial charge in [-0.1, -0.05) is 29.5 Å². The first-order chi connectivity index (χ1) is 13.0. The van der Waals surface area contributed by atoms with Crippen molar-refractivity contribution in [3.05, 3.63) is 76.2 Å². The molecule has 0 aliphatic rings. The van der Waals surface area contributed by atoms with Gasteiger partial charge in [0.15, 0.2) is 5.09 Å². The summed E-state index contributed by atoms with van der Waals surface area (Å²) in [4.78, 5) is 12.8. The van der Waals surface area contributed by atoms with Crippen molar-refractivity contribution in [3.63, 3.8) is 0 Å². The monoisotopic (exact) mass is 447 g/mol. The maximum absolute atomic E-state index is 12.8. The van der Waals surface area contributed by atoms with Gasteiger partial charge in [0.1, 0.15) is 11.6 Å². The second kappa shape index (κ2) is 8.88. The summed E-state index contributed by atoms with van der Waals surface area (Å²) in [6, 6.07) is 14.7. The molecule has 0 unspecified atom stereocenters. The molecule has 2 N–H and O–H groups in total. The van der Waals surface area contributed by atoms with Crippen molar-refractivity contribution in [2.45, 2.75) is 16.9 Å². The van der Waals surface area contributed by atoms with Crippen LogP contribution in [0.1, 0.15) is 11.3 Å². The third-order valence-electron chi connectivity index (χ3n) is 3.37. The first-order valence-corrected chi connectivity index (χ1v) is 9.50. The smallest absolute Gasteiger partial charge is 0.339 e. The van der Waals surface area contributed by atoms with Gasteiger partial charge in [0.2, 0.25) is 0 Å². The fourth-order valence-electron chi connectivity index (χ4n) is 2.06. The van der Waals surface area contributed by atoms with E-state index in [0.29, 0.717) is 16.5 Å². The summed E-state index contributed by atoms with van der Waals surface area (Å²) in [5.74, 6) is 0.111. The topological polar surface area (TPSA) is 66.6 Å². The summed E-state index contributed by atoms with van der Waals surface area (Å²) in [5.41, 5.74) is 3.97. The van der Waals surface area contributed by atoms with E-state index < -0.39 is 6.03 Å². The third-order valence-corrected chi connectivity index (χ3v) is 5.21. The highest BCUT2D eigenvalue weighted by Crippen LogP contribution is 2.35. The number of carbonyl (C=O) groups excluding carboxylic acids is 1. The fourth-order valence-corrected chi connectivity index (χ4v) is 3.39. The second-order valence-corrected chi connectivity index (χ2v) is 7.43. The van der Waals surface area contributed by atoms with Crippen LogP contribution in [-0.2, 0) is 0 Å². The molecule has 0 spiro atoms. The quantitative estimate of drug-likeness (QED) is 0.383. The van der Waals surface area contributed by atoms with E-state index in [4.69, 9.17) is 4.42 Å². The van der Waals surface area contributed by atoms with Gasteiger partial charge in [0.05, 0.1) is 10.7 Å². The van der Waals surface area contributed by atoms with Gasteiger partial charge in [-0.25, -0.2) is 14.6 Å². The molecule has 138 valence electrons. The summed E-state index contributed by atoms with van der Waals surface area (Å²) in [5, 5.41) is 7.07. The van der Waals surface area contributed by atoms with Crippen LogP contribution < -0.4 is 10.7 Å². The molecule has 2 amide bonds. The summed E-state index contributed by atoms with van der Waals surface area (Å²) >= 11 is 4.93. The fraction of sp³-hybridized carbons (Fsp3) is 0.0526. The number of urea groups is 1. The molecule has 0 aliphatic heterocycles. The molecular formula is C19H15BrFN3O2S. The Bertz CT molecular complexity index is 956. The number of benzene rings is 2. The van der Waals surface area contributed by atoms with Gasteiger partial charge in [0, 0.05) is 16.6 Å². The van der Waals surface area contributed by atoms with Crippen molar-refractivity contribution in [2.24, 2.45) is 5.10 Å². The van der Waals surface area contributed by atoms with Crippen LogP contribution in [0.5, 0.6) is 0 Å². The van der Waals surface area contributed by atoms with Crippen LogP contribution in [0.3, 0.4) is 0 Å². The first-order valence-electron chi connectivity index (χ1n) is 7.89. The number of hydrogen-bond donors (Lipinski definition) is 2. The Morgan fingerprint density at radius 1 is 1.19 bits per heavy atom. The van der Waals surface area contributed by atoms with Gasteiger partial charge in [-0.3, -0.25) is 0 Å². The minimum Gasteiger partial charge on any atom is -0.447 e. The van der Waals surface area contributed by atoms with E-state index in [2.05, 4.69) is 31.8 Å². The number of amides is 2. The van der Waals surface area contributed by atoms with Gasteiger partial charge in [-0.05, 0) is 59.3 Å². The molecule has 8 heteroatoms. The van der Waals surface area contributed by atoms with Crippen molar-refractivity contribution in [1.29, 1.82) is 0 Å². The van der Waals surface area contributed by atoms with Gasteiger partial charge in [0.25, 0.3) is 0 Å². The number of anilines is 1. The van der Waals surface area contributed by atoms with Gasteiger partial charge in [-0.15, -0.1) is 0 Å². The normalized spacial score (nSPS) is 10.9. The molecule has 0 saturated heterocycles. The van der Waals surface area contributed by atoms with Crippen molar-refractivity contribution in [3.8, 4) is 0 Å². The largest absolute Gasteiger partial charge is 0.447 e. The van der Waals surface area contributed by atoms with E-state index in [-0.39, 0.29) is 5.82 Å². The molecule has 1 aromatic heterocycles. The summed E-state index contributed by atoms with van der Waals surface area (Å²) in [7, 11) is 0. The van der Waals surface area contributed by atoms with E-state index >= 15 is 0 Å². The molecule has 0 bridgehead atoms. The molecular weight excluding hydrogens is 433 g/mol. The first kappa shape index (κ1) is 19.2. The lowest BCUT2D eigenvalue weighted by Gasteiger charge is -2.03. The molecule has 0 atom stereocenters. The van der Waals surface area contributed by atoms with Crippen molar-refractivity contribution < 1.29 is 13.6 Å². The average Bonchev–Trinajstić information content (AvgIpc) is 2.98. The van der Waals surface area contributed by atoms with Gasteiger partial charge in [-0.2, -0.15) is 5.10 Å². The summed E-state index contributed by atoms with van der Waals surface area (Å²) in [6.07, 6.45) is 1.40. The number of aryl methyl sites for hydroxylation is 1. The van der Waals surface area contributed by atoms with Gasteiger partial charge >= 0.3 is 6.03 Å². The standard InChI is InChI=1S/C19H15BrFN3O2S/c1-12-2-8-16(9-3-12)27-18-17(20)10-15(26-18)11-22-24-19(25)23-14-6-4-13(21)5-7-14/h2-11H,1H3,(H2,23,24,25)/b22-11+. The van der Waals surface area contributed by atoms with Crippen molar-refractivity contribution in [1.82, 2.24) is 5.43 Å². The number of nitrogens with zero attached hydrogens (tertiary/aromatic N) is 1. The van der Waals surface area contributed by atoms with Crippen LogP contribution in [0.25, 0.3) is 0 Å². The van der Waals surface area contributed by atoms with E-state index in [9.17, 15) is 9.18 Å². The lowest BCUT2D eigenvalue weighted by molar-refractivity contribution is 0.252. The maximum Gasteiger partial charge on any atom is 0.339 e. The summed E-state index contributed by atoms with van der Waals surface area (Å²) < 4.78 is 19.3. The van der Waals surface area contributed by atoms with Crippen LogP contribution in [-0.4, -0.2) is 12.2 Å². The number of halogens is 2. The second-order valence-electron chi connectivity index (χ2n) is 5.53. The summed E-state index contributed by atoms with van der Waals surface area (Å²) in [6.45, 7) is 2.03. The van der Waals surface area contributed by atoms with E-state index in [1.54, 1.807) is 6.07 Å². The molecule has 0 saturated carbocycles. The predicted octanol–water partition coefficient (Wildman–Crippen LogP) is 5.80.